The third-order valence-electron chi connectivity index (χ3n) is 2.63. The monoisotopic (exact) mass is 224 g/mol. The van der Waals surface area contributed by atoms with Crippen LogP contribution in [-0.4, -0.2) is 36.4 Å². The summed E-state index contributed by atoms with van der Waals surface area (Å²) in [7, 11) is 1.58. The van der Waals surface area contributed by atoms with Crippen LogP contribution in [0.15, 0.2) is 0 Å². The molecule has 1 aromatic heterocycles. The second-order valence-corrected chi connectivity index (χ2v) is 3.92. The molecule has 2 rings (SSSR count). The number of aromatic nitrogens is 2. The number of nitrogens with two attached hydrogens (primary N) is 1. The number of aromatic amines is 1. The van der Waals surface area contributed by atoms with E-state index < -0.39 is 0 Å². The first kappa shape index (κ1) is 10.9. The van der Waals surface area contributed by atoms with Crippen molar-refractivity contribution >= 4 is 11.6 Å². The summed E-state index contributed by atoms with van der Waals surface area (Å²) < 4.78 is 4.84. The number of carbonyl (C=O) groups is 1. The van der Waals surface area contributed by atoms with Gasteiger partial charge in [0.05, 0.1) is 18.0 Å². The van der Waals surface area contributed by atoms with Gasteiger partial charge in [0.2, 0.25) is 0 Å². The molecule has 1 aromatic rings. The standard InChI is InChI=1S/C10H16N4O2/c1-16-5-4-12-10(15)9-7(11)8(13-14-9)6-2-3-6/h6H,2-5,11H2,1H3,(H,12,15)(H,13,14). The highest BCUT2D eigenvalue weighted by Crippen LogP contribution is 2.42. The number of ether oxygens (including phenoxy) is 1. The summed E-state index contributed by atoms with van der Waals surface area (Å²) in [6.07, 6.45) is 2.24. The minimum Gasteiger partial charge on any atom is -0.395 e. The summed E-state index contributed by atoms with van der Waals surface area (Å²) in [6.45, 7) is 0.936. The molecule has 6 nitrogen and oxygen atoms in total. The molecule has 0 saturated heterocycles. The van der Waals surface area contributed by atoms with Gasteiger partial charge in [-0.2, -0.15) is 5.10 Å². The highest BCUT2D eigenvalue weighted by molar-refractivity contribution is 5.97. The normalized spacial score (nSPS) is 15.1. The predicted octanol–water partition coefficient (Wildman–Crippen LogP) is 0.245. The second kappa shape index (κ2) is 4.52. The Morgan fingerprint density at radius 2 is 2.44 bits per heavy atom. The van der Waals surface area contributed by atoms with Crippen LogP contribution in [0.5, 0.6) is 0 Å². The molecule has 0 spiro atoms. The van der Waals surface area contributed by atoms with Crippen LogP contribution >= 0.6 is 0 Å². The fourth-order valence-electron chi connectivity index (χ4n) is 1.57. The maximum Gasteiger partial charge on any atom is 0.274 e. The van der Waals surface area contributed by atoms with Gasteiger partial charge in [0.15, 0.2) is 5.69 Å². The number of nitrogens with one attached hydrogen (secondary N) is 2. The van der Waals surface area contributed by atoms with E-state index in [0.717, 1.165) is 18.5 Å². The lowest BCUT2D eigenvalue weighted by Crippen LogP contribution is -2.27. The summed E-state index contributed by atoms with van der Waals surface area (Å²) in [4.78, 5) is 11.7. The topological polar surface area (TPSA) is 93.0 Å². The van der Waals surface area contributed by atoms with Gasteiger partial charge in [0, 0.05) is 19.6 Å². The van der Waals surface area contributed by atoms with E-state index in [9.17, 15) is 4.79 Å². The van der Waals surface area contributed by atoms with Crippen molar-refractivity contribution in [2.75, 3.05) is 26.0 Å². The van der Waals surface area contributed by atoms with Crippen LogP contribution in [0.1, 0.15) is 34.9 Å². The molecule has 0 bridgehead atoms. The average molecular weight is 224 g/mol. The van der Waals surface area contributed by atoms with Crippen molar-refractivity contribution in [1.29, 1.82) is 0 Å². The average Bonchev–Trinajstić information content (AvgIpc) is 3.03. The highest BCUT2D eigenvalue weighted by Gasteiger charge is 2.30. The molecule has 0 aliphatic heterocycles. The van der Waals surface area contributed by atoms with Gasteiger partial charge in [0.1, 0.15) is 0 Å². The predicted molar refractivity (Wildman–Crippen MR) is 59.2 cm³/mol. The Hall–Kier alpha value is -1.56. The molecule has 1 aliphatic carbocycles. The van der Waals surface area contributed by atoms with E-state index >= 15 is 0 Å². The number of amides is 1. The Morgan fingerprint density at radius 1 is 1.69 bits per heavy atom. The molecule has 1 heterocycles. The van der Waals surface area contributed by atoms with E-state index in [1.54, 1.807) is 7.11 Å². The van der Waals surface area contributed by atoms with E-state index in [1.807, 2.05) is 0 Å². The van der Waals surface area contributed by atoms with E-state index in [0.29, 0.717) is 24.8 Å². The van der Waals surface area contributed by atoms with Crippen LogP contribution < -0.4 is 11.1 Å². The lowest BCUT2D eigenvalue weighted by molar-refractivity contribution is 0.0933. The van der Waals surface area contributed by atoms with Crippen molar-refractivity contribution in [3.8, 4) is 0 Å². The summed E-state index contributed by atoms with van der Waals surface area (Å²) in [5, 5.41) is 9.48. The molecule has 6 heteroatoms. The Labute approximate surface area is 93.5 Å². The molecular weight excluding hydrogens is 208 g/mol. The van der Waals surface area contributed by atoms with Gasteiger partial charge in [-0.05, 0) is 12.8 Å². The van der Waals surface area contributed by atoms with Crippen LogP contribution in [0.3, 0.4) is 0 Å². The number of nitrogen functional groups attached to an aromatic ring is 1. The fraction of sp³-hybridized carbons (Fsp3) is 0.600. The number of anilines is 1. The van der Waals surface area contributed by atoms with Crippen molar-refractivity contribution in [1.82, 2.24) is 15.5 Å². The van der Waals surface area contributed by atoms with Gasteiger partial charge >= 0.3 is 0 Å². The number of methoxy groups -OCH3 is 1. The zero-order chi connectivity index (χ0) is 11.5. The minimum absolute atomic E-state index is 0.252. The number of nitrogens with zero attached hydrogens (tertiary/aromatic N) is 1. The molecule has 1 aliphatic rings. The van der Waals surface area contributed by atoms with Crippen LogP contribution in [0.25, 0.3) is 0 Å². The van der Waals surface area contributed by atoms with Gasteiger partial charge < -0.3 is 15.8 Å². The number of rotatable bonds is 5. The molecule has 0 atom stereocenters. The molecule has 0 radical (unpaired) electrons. The van der Waals surface area contributed by atoms with Crippen LogP contribution in [0, 0.1) is 0 Å². The third-order valence-corrected chi connectivity index (χ3v) is 2.63. The number of hydrogen-bond donors (Lipinski definition) is 3. The molecule has 16 heavy (non-hydrogen) atoms. The van der Waals surface area contributed by atoms with Gasteiger partial charge in [0.25, 0.3) is 5.91 Å². The van der Waals surface area contributed by atoms with Gasteiger partial charge in [-0.1, -0.05) is 0 Å². The largest absolute Gasteiger partial charge is 0.395 e. The first-order valence-corrected chi connectivity index (χ1v) is 5.35. The van der Waals surface area contributed by atoms with Gasteiger partial charge in [-0.15, -0.1) is 0 Å². The minimum atomic E-state index is -0.252. The molecule has 1 amide bonds. The summed E-state index contributed by atoms with van der Waals surface area (Å²) in [5.41, 5.74) is 7.54. The zero-order valence-corrected chi connectivity index (χ0v) is 9.25. The second-order valence-electron chi connectivity index (χ2n) is 3.92. The van der Waals surface area contributed by atoms with Crippen molar-refractivity contribution in [3.63, 3.8) is 0 Å². The Morgan fingerprint density at radius 3 is 3.06 bits per heavy atom. The van der Waals surface area contributed by atoms with Crippen molar-refractivity contribution in [3.05, 3.63) is 11.4 Å². The van der Waals surface area contributed by atoms with Crippen LogP contribution in [0.4, 0.5) is 5.69 Å². The fourth-order valence-corrected chi connectivity index (χ4v) is 1.57. The zero-order valence-electron chi connectivity index (χ0n) is 9.25. The van der Waals surface area contributed by atoms with Crippen molar-refractivity contribution < 1.29 is 9.53 Å². The number of H-pyrrole nitrogens is 1. The van der Waals surface area contributed by atoms with E-state index in [-0.39, 0.29) is 11.6 Å². The first-order valence-electron chi connectivity index (χ1n) is 5.35. The van der Waals surface area contributed by atoms with E-state index in [1.165, 1.54) is 0 Å². The first-order chi connectivity index (χ1) is 7.74. The SMILES string of the molecule is COCCNC(=O)c1n[nH]c(C2CC2)c1N. The molecule has 0 aromatic carbocycles. The number of hydrogen-bond acceptors (Lipinski definition) is 4. The van der Waals surface area contributed by atoms with Crippen molar-refractivity contribution in [2.24, 2.45) is 0 Å². The van der Waals surface area contributed by atoms with E-state index in [4.69, 9.17) is 10.5 Å². The summed E-state index contributed by atoms with van der Waals surface area (Å²) in [5.74, 6) is 0.214. The molecule has 4 N–H and O–H groups in total. The van der Waals surface area contributed by atoms with Gasteiger partial charge in [-0.3, -0.25) is 9.89 Å². The smallest absolute Gasteiger partial charge is 0.274 e. The van der Waals surface area contributed by atoms with Gasteiger partial charge in [-0.25, -0.2) is 0 Å². The Kier molecular flexibility index (Phi) is 3.09. The van der Waals surface area contributed by atoms with Crippen LogP contribution in [0.2, 0.25) is 0 Å². The Bertz CT molecular complexity index is 384. The van der Waals surface area contributed by atoms with Crippen LogP contribution in [-0.2, 0) is 4.74 Å². The molecule has 0 unspecified atom stereocenters. The van der Waals surface area contributed by atoms with Crippen molar-refractivity contribution in [2.45, 2.75) is 18.8 Å². The molecule has 1 saturated carbocycles. The van der Waals surface area contributed by atoms with E-state index in [2.05, 4.69) is 15.5 Å². The maximum atomic E-state index is 11.7. The quantitative estimate of drug-likeness (QED) is 0.625. The number of carbonyl (C=O) groups excluding carboxylic acids is 1. The third kappa shape index (κ3) is 2.16. The lowest BCUT2D eigenvalue weighted by atomic mass is 10.2. The molecule has 1 fully saturated rings. The molecule has 88 valence electrons. The molecular formula is C10H16N4O2. The lowest BCUT2D eigenvalue weighted by Gasteiger charge is -2.02. The summed E-state index contributed by atoms with van der Waals surface area (Å²) >= 11 is 0. The maximum absolute atomic E-state index is 11.7. The summed E-state index contributed by atoms with van der Waals surface area (Å²) in [6, 6.07) is 0. The highest BCUT2D eigenvalue weighted by atomic mass is 16.5. The Balaban J connectivity index is 1.99.